The average molecular weight is 915 g/mol. The standard InChI is InChI=1S/C45H52ClN9O6S2/c1-24-26(3)63-44-37(24)38(29-12-14-31(46)15-13-29)50-33(41-53-52-27(4)55(41)44)19-35(57)47-16-17-61-22-36(58)51-40(45(5,6)7)43(60)54-21-32(56)18-34(54)42(59)48-20-28-8-10-30(11-9-28)39-25(2)49-23-62-39/h8-15,23,32-34,40,56H,16-22H2,1-7H3,(H,47,57)(H,48,59)(H,51,58)/t32-,33-,34-,40+/m0/s1. The van der Waals surface area contributed by atoms with E-state index in [1.165, 1.54) is 4.90 Å². The number of nitrogens with zero attached hydrogens (tertiary/aromatic N) is 6. The number of β-amino-alcohol motifs (C(OH)–C–C–N with tert-alkyl or cyclic N) is 1. The van der Waals surface area contributed by atoms with E-state index in [2.05, 4.69) is 45.0 Å². The Balaban J connectivity index is 0.920. The van der Waals surface area contributed by atoms with Crippen LogP contribution in [0.1, 0.15) is 84.1 Å². The number of aliphatic hydroxyl groups excluding tert-OH is 1. The van der Waals surface area contributed by atoms with Gasteiger partial charge in [0.05, 0.1) is 40.9 Å². The Bertz CT molecular complexity index is 2530. The number of rotatable bonds is 14. The smallest absolute Gasteiger partial charge is 0.246 e. The Labute approximate surface area is 379 Å². The van der Waals surface area contributed by atoms with Crippen LogP contribution < -0.4 is 16.0 Å². The minimum Gasteiger partial charge on any atom is -0.391 e. The molecule has 0 bridgehead atoms. The van der Waals surface area contributed by atoms with Gasteiger partial charge in [0, 0.05) is 47.1 Å². The molecule has 15 nitrogen and oxygen atoms in total. The summed E-state index contributed by atoms with van der Waals surface area (Å²) in [5.74, 6) is -0.449. The van der Waals surface area contributed by atoms with E-state index in [0.29, 0.717) is 16.7 Å². The van der Waals surface area contributed by atoms with Crippen molar-refractivity contribution in [3.8, 4) is 15.4 Å². The van der Waals surface area contributed by atoms with Crippen molar-refractivity contribution in [3.05, 3.63) is 104 Å². The number of carbonyl (C=O) groups is 4. The number of aliphatic hydroxyl groups is 1. The van der Waals surface area contributed by atoms with Gasteiger partial charge in [0.1, 0.15) is 35.6 Å². The van der Waals surface area contributed by atoms with Crippen LogP contribution in [0.5, 0.6) is 0 Å². The van der Waals surface area contributed by atoms with Gasteiger partial charge in [0.15, 0.2) is 5.82 Å². The molecule has 0 spiro atoms. The van der Waals surface area contributed by atoms with Crippen molar-refractivity contribution in [2.24, 2.45) is 10.4 Å². The number of thiazole rings is 1. The second kappa shape index (κ2) is 19.2. The normalized spacial score (nSPS) is 17.6. The number of aromatic nitrogens is 4. The zero-order valence-electron chi connectivity index (χ0n) is 36.3. The molecule has 63 heavy (non-hydrogen) atoms. The zero-order chi connectivity index (χ0) is 45.2. The highest BCUT2D eigenvalue weighted by Crippen LogP contribution is 2.40. The Hall–Kier alpha value is -5.33. The minimum atomic E-state index is -1.02. The molecule has 1 saturated heterocycles. The van der Waals surface area contributed by atoms with E-state index in [1.807, 2.05) is 93.2 Å². The fourth-order valence-electron chi connectivity index (χ4n) is 7.79. The maximum atomic E-state index is 14.1. The SMILES string of the molecule is Cc1ncsc1-c1ccc(CNC(=O)[C@@H]2C[C@H](O)CN2C(=O)[C@@H](NC(=O)COCCNC(=O)C[C@@H]2N=C(c3ccc(Cl)cc3)c3c(sc(C)c3C)-n3c(C)nnc32)C(C)(C)C)cc1. The van der Waals surface area contributed by atoms with Gasteiger partial charge in [-0.1, -0.05) is 68.8 Å². The number of fused-ring (bicyclic) bond motifs is 3. The molecule has 4 amide bonds. The number of aryl methyl sites for hydroxylation is 3. The lowest BCUT2D eigenvalue weighted by Gasteiger charge is -2.35. The van der Waals surface area contributed by atoms with Crippen LogP contribution in [0.25, 0.3) is 15.4 Å². The zero-order valence-corrected chi connectivity index (χ0v) is 38.7. The van der Waals surface area contributed by atoms with E-state index in [9.17, 15) is 24.3 Å². The van der Waals surface area contributed by atoms with Crippen LogP contribution in [0.4, 0.5) is 0 Å². The van der Waals surface area contributed by atoms with Crippen LogP contribution in [0.2, 0.25) is 5.02 Å². The molecule has 2 aliphatic rings. The molecule has 0 unspecified atom stereocenters. The summed E-state index contributed by atoms with van der Waals surface area (Å²) in [6.45, 7) is 13.4. The molecule has 4 N–H and O–H groups in total. The molecule has 0 saturated carbocycles. The van der Waals surface area contributed by atoms with Crippen LogP contribution in [-0.2, 0) is 30.5 Å². The lowest BCUT2D eigenvalue weighted by atomic mass is 9.85. The van der Waals surface area contributed by atoms with Gasteiger partial charge in [-0.05, 0) is 61.9 Å². The summed E-state index contributed by atoms with van der Waals surface area (Å²) in [7, 11) is 0. The number of benzene rings is 2. The van der Waals surface area contributed by atoms with E-state index in [4.69, 9.17) is 21.3 Å². The summed E-state index contributed by atoms with van der Waals surface area (Å²) in [4.78, 5) is 67.2. The first-order valence-electron chi connectivity index (χ1n) is 20.8. The van der Waals surface area contributed by atoms with Crippen molar-refractivity contribution in [3.63, 3.8) is 0 Å². The van der Waals surface area contributed by atoms with Gasteiger partial charge in [0.25, 0.3) is 0 Å². The lowest BCUT2D eigenvalue weighted by molar-refractivity contribution is -0.144. The Morgan fingerprint density at radius 3 is 2.37 bits per heavy atom. The van der Waals surface area contributed by atoms with Crippen molar-refractivity contribution < 1.29 is 29.0 Å². The summed E-state index contributed by atoms with van der Waals surface area (Å²) in [6.07, 6.45) is -0.833. The summed E-state index contributed by atoms with van der Waals surface area (Å²) >= 11 is 9.43. The molecule has 0 aliphatic carbocycles. The average Bonchev–Trinajstić information content (AvgIpc) is 4.01. The molecule has 332 valence electrons. The van der Waals surface area contributed by atoms with Gasteiger partial charge in [-0.2, -0.15) is 0 Å². The highest BCUT2D eigenvalue weighted by molar-refractivity contribution is 7.15. The monoisotopic (exact) mass is 913 g/mol. The van der Waals surface area contributed by atoms with E-state index < -0.39 is 47.4 Å². The van der Waals surface area contributed by atoms with Crippen molar-refractivity contribution in [2.75, 3.05) is 26.3 Å². The van der Waals surface area contributed by atoms with Crippen LogP contribution in [0, 0.1) is 33.1 Å². The maximum absolute atomic E-state index is 14.1. The largest absolute Gasteiger partial charge is 0.391 e. The topological polar surface area (TPSA) is 193 Å². The van der Waals surface area contributed by atoms with Gasteiger partial charge in [-0.15, -0.1) is 32.9 Å². The minimum absolute atomic E-state index is 0.0107. The first-order chi connectivity index (χ1) is 30.0. The van der Waals surface area contributed by atoms with E-state index in [1.54, 1.807) is 22.7 Å². The number of hydrogen-bond donors (Lipinski definition) is 4. The summed E-state index contributed by atoms with van der Waals surface area (Å²) in [5.41, 5.74) is 7.61. The number of halogens is 1. The van der Waals surface area contributed by atoms with Crippen LogP contribution in [0.15, 0.2) is 59.0 Å². The summed E-state index contributed by atoms with van der Waals surface area (Å²) in [5, 5.41) is 29.5. The molecule has 4 atom stereocenters. The van der Waals surface area contributed by atoms with Gasteiger partial charge in [0.2, 0.25) is 23.6 Å². The number of ether oxygens (including phenoxy) is 1. The second-order valence-corrected chi connectivity index (χ2v) is 19.4. The van der Waals surface area contributed by atoms with E-state index in [-0.39, 0.29) is 51.6 Å². The first kappa shape index (κ1) is 45.7. The Morgan fingerprint density at radius 1 is 0.968 bits per heavy atom. The highest BCUT2D eigenvalue weighted by atomic mass is 35.5. The van der Waals surface area contributed by atoms with Crippen LogP contribution in [0.3, 0.4) is 0 Å². The molecule has 2 aliphatic heterocycles. The molecule has 2 aromatic carbocycles. The maximum Gasteiger partial charge on any atom is 0.246 e. The molecule has 3 aromatic heterocycles. The molecule has 7 rings (SSSR count). The fraction of sp³-hybridized carbons (Fsp3) is 0.422. The number of amides is 4. The quantitative estimate of drug-likeness (QED) is 0.103. The van der Waals surface area contributed by atoms with Gasteiger partial charge in [-0.3, -0.25) is 28.7 Å². The molecule has 5 heterocycles. The van der Waals surface area contributed by atoms with Crippen molar-refractivity contribution in [1.29, 1.82) is 0 Å². The molecule has 5 aromatic rings. The number of hydrogen-bond acceptors (Lipinski definition) is 12. The van der Waals surface area contributed by atoms with Gasteiger partial charge >= 0.3 is 0 Å². The number of aliphatic imine (C=N–C) groups is 1. The van der Waals surface area contributed by atoms with Gasteiger partial charge < -0.3 is 30.7 Å². The van der Waals surface area contributed by atoms with Gasteiger partial charge in [-0.25, -0.2) is 4.98 Å². The predicted octanol–water partition coefficient (Wildman–Crippen LogP) is 5.56. The number of carbonyl (C=O) groups excluding carboxylic acids is 4. The van der Waals surface area contributed by atoms with Crippen molar-refractivity contribution in [1.82, 2.24) is 40.6 Å². The molecule has 1 fully saturated rings. The third-order valence-electron chi connectivity index (χ3n) is 11.2. The second-order valence-electron chi connectivity index (χ2n) is 17.0. The van der Waals surface area contributed by atoms with E-state index >= 15 is 0 Å². The molecular weight excluding hydrogens is 862 g/mol. The third kappa shape index (κ3) is 10.2. The number of thiophene rings is 1. The van der Waals surface area contributed by atoms with Crippen molar-refractivity contribution >= 4 is 63.6 Å². The Morgan fingerprint density at radius 2 is 1.68 bits per heavy atom. The summed E-state index contributed by atoms with van der Waals surface area (Å²) in [6, 6.07) is 12.7. The van der Waals surface area contributed by atoms with Crippen LogP contribution >= 0.6 is 34.3 Å². The van der Waals surface area contributed by atoms with Crippen molar-refractivity contribution in [2.45, 2.75) is 92.1 Å². The number of likely N-dealkylation sites (tertiary alicyclic amines) is 1. The van der Waals surface area contributed by atoms with Crippen LogP contribution in [-0.4, -0.2) is 104 Å². The number of nitrogens with one attached hydrogen (secondary N) is 3. The highest BCUT2D eigenvalue weighted by Gasteiger charge is 2.44. The summed E-state index contributed by atoms with van der Waals surface area (Å²) < 4.78 is 7.62. The predicted molar refractivity (Wildman–Crippen MR) is 243 cm³/mol. The third-order valence-corrected chi connectivity index (χ3v) is 13.7. The Kier molecular flexibility index (Phi) is 13.9. The van der Waals surface area contributed by atoms with E-state index in [0.717, 1.165) is 54.0 Å². The fourth-order valence-corrected chi connectivity index (χ4v) is 9.94. The molecule has 18 heteroatoms. The lowest BCUT2D eigenvalue weighted by Crippen LogP contribution is -2.58. The molecular formula is C45H52ClN9O6S2. The first-order valence-corrected chi connectivity index (χ1v) is 22.8. The molecule has 0 radical (unpaired) electrons.